The minimum Gasteiger partial charge on any atom is -0.494 e. The van der Waals surface area contributed by atoms with Crippen LogP contribution in [0.2, 0.25) is 0 Å². The number of nitrogens with one attached hydrogen (secondary N) is 1. The number of para-hydroxylation sites is 1. The third-order valence-corrected chi connectivity index (χ3v) is 5.04. The summed E-state index contributed by atoms with van der Waals surface area (Å²) in [6.07, 6.45) is 1.61. The van der Waals surface area contributed by atoms with Gasteiger partial charge < -0.3 is 10.1 Å². The Balaban J connectivity index is 1.99. The van der Waals surface area contributed by atoms with Crippen molar-refractivity contribution in [3.8, 4) is 5.75 Å². The lowest BCUT2D eigenvalue weighted by atomic mass is 10.2. The Morgan fingerprint density at radius 2 is 1.83 bits per heavy atom. The maximum atomic E-state index is 12.7. The van der Waals surface area contributed by atoms with Gasteiger partial charge in [0, 0.05) is 17.3 Å². The summed E-state index contributed by atoms with van der Waals surface area (Å²) in [5, 5.41) is 3.49. The van der Waals surface area contributed by atoms with Gasteiger partial charge in [-0.2, -0.15) is 0 Å². The lowest BCUT2D eigenvalue weighted by Gasteiger charge is -2.11. The number of hydrogen-bond donors (Lipinski definition) is 1. The Morgan fingerprint density at radius 1 is 1.04 bits per heavy atom. The Labute approximate surface area is 134 Å². The van der Waals surface area contributed by atoms with E-state index >= 15 is 0 Å². The monoisotopic (exact) mass is 328 g/mol. The predicted octanol–water partition coefficient (Wildman–Crippen LogP) is 3.09. The van der Waals surface area contributed by atoms with Crippen molar-refractivity contribution >= 4 is 26.4 Å². The van der Waals surface area contributed by atoms with Crippen molar-refractivity contribution in [2.24, 2.45) is 0 Å². The molecule has 6 heteroatoms. The van der Waals surface area contributed by atoms with Crippen molar-refractivity contribution in [2.75, 3.05) is 18.3 Å². The van der Waals surface area contributed by atoms with Crippen LogP contribution in [0.4, 0.5) is 5.69 Å². The molecule has 0 atom stereocenters. The van der Waals surface area contributed by atoms with Gasteiger partial charge in [0.1, 0.15) is 17.1 Å². The van der Waals surface area contributed by atoms with Gasteiger partial charge in [-0.3, -0.25) is 4.98 Å². The predicted molar refractivity (Wildman–Crippen MR) is 90.4 cm³/mol. The zero-order valence-electron chi connectivity index (χ0n) is 12.6. The van der Waals surface area contributed by atoms with E-state index in [0.717, 1.165) is 5.69 Å². The van der Waals surface area contributed by atoms with E-state index in [2.05, 4.69) is 10.3 Å². The number of hydrogen-bond acceptors (Lipinski definition) is 5. The van der Waals surface area contributed by atoms with Gasteiger partial charge in [0.15, 0.2) is 9.84 Å². The molecule has 0 amide bonds. The second-order valence-electron chi connectivity index (χ2n) is 4.97. The van der Waals surface area contributed by atoms with E-state index in [9.17, 15) is 8.42 Å². The molecule has 0 aliphatic carbocycles. The molecule has 1 heterocycles. The van der Waals surface area contributed by atoms with E-state index < -0.39 is 9.84 Å². The van der Waals surface area contributed by atoms with Gasteiger partial charge in [-0.05, 0) is 36.4 Å². The Morgan fingerprint density at radius 3 is 2.57 bits per heavy atom. The number of anilines is 1. The highest BCUT2D eigenvalue weighted by molar-refractivity contribution is 7.91. The van der Waals surface area contributed by atoms with Crippen molar-refractivity contribution in [3.63, 3.8) is 0 Å². The van der Waals surface area contributed by atoms with Crippen LogP contribution in [0.15, 0.2) is 65.7 Å². The van der Waals surface area contributed by atoms with Gasteiger partial charge in [-0.25, -0.2) is 8.42 Å². The fraction of sp³-hybridized carbons (Fsp3) is 0.118. The van der Waals surface area contributed by atoms with Crippen LogP contribution in [0.1, 0.15) is 0 Å². The number of ether oxygens (including phenoxy) is 1. The quantitative estimate of drug-likeness (QED) is 0.779. The van der Waals surface area contributed by atoms with Gasteiger partial charge >= 0.3 is 0 Å². The molecule has 2 aromatic carbocycles. The van der Waals surface area contributed by atoms with E-state index in [1.165, 1.54) is 7.11 Å². The van der Waals surface area contributed by atoms with E-state index in [4.69, 9.17) is 4.74 Å². The fourth-order valence-corrected chi connectivity index (χ4v) is 3.66. The summed E-state index contributed by atoms with van der Waals surface area (Å²) < 4.78 is 30.6. The summed E-state index contributed by atoms with van der Waals surface area (Å²) >= 11 is 0. The van der Waals surface area contributed by atoms with Crippen LogP contribution in [0.5, 0.6) is 5.75 Å². The molecule has 23 heavy (non-hydrogen) atoms. The summed E-state index contributed by atoms with van der Waals surface area (Å²) in [6, 6.07) is 15.9. The number of fused-ring (bicyclic) bond motifs is 1. The average Bonchev–Trinajstić information content (AvgIpc) is 2.60. The number of pyridine rings is 1. The molecule has 0 saturated heterocycles. The summed E-state index contributed by atoms with van der Waals surface area (Å²) in [4.78, 5) is 4.48. The number of nitrogens with zero attached hydrogens (tertiary/aromatic N) is 1. The van der Waals surface area contributed by atoms with E-state index in [1.807, 2.05) is 30.3 Å². The Bertz CT molecular complexity index is 925. The number of rotatable bonds is 5. The summed E-state index contributed by atoms with van der Waals surface area (Å²) in [6.45, 7) is 0. The normalized spacial score (nSPS) is 11.3. The fourth-order valence-electron chi connectivity index (χ4n) is 2.37. The zero-order chi connectivity index (χ0) is 16.3. The minimum atomic E-state index is -3.52. The SMILES string of the molecule is COc1ccc(S(=O)(=O)CNc2ccccc2)c2cccnc12. The highest BCUT2D eigenvalue weighted by atomic mass is 32.2. The third-order valence-electron chi connectivity index (χ3n) is 3.49. The number of methoxy groups -OCH3 is 1. The average molecular weight is 328 g/mol. The van der Waals surface area contributed by atoms with Gasteiger partial charge in [0.25, 0.3) is 0 Å². The van der Waals surface area contributed by atoms with Crippen molar-refractivity contribution in [1.82, 2.24) is 4.98 Å². The maximum absolute atomic E-state index is 12.7. The van der Waals surface area contributed by atoms with Crippen LogP contribution in [0, 0.1) is 0 Å². The first-order valence-electron chi connectivity index (χ1n) is 7.05. The van der Waals surface area contributed by atoms with E-state index in [-0.39, 0.29) is 10.8 Å². The Hall–Kier alpha value is -2.60. The molecule has 118 valence electrons. The number of sulfone groups is 1. The molecule has 3 rings (SSSR count). The Kier molecular flexibility index (Phi) is 4.16. The molecule has 3 aromatic rings. The smallest absolute Gasteiger partial charge is 0.196 e. The topological polar surface area (TPSA) is 68.3 Å². The molecule has 0 bridgehead atoms. The lowest BCUT2D eigenvalue weighted by molar-refractivity contribution is 0.418. The highest BCUT2D eigenvalue weighted by Crippen LogP contribution is 2.29. The van der Waals surface area contributed by atoms with Crippen LogP contribution in [-0.4, -0.2) is 26.4 Å². The molecule has 0 fully saturated rings. The first-order chi connectivity index (χ1) is 11.1. The van der Waals surface area contributed by atoms with Crippen LogP contribution in [-0.2, 0) is 9.84 Å². The van der Waals surface area contributed by atoms with Crippen LogP contribution in [0.25, 0.3) is 10.9 Å². The second-order valence-corrected chi connectivity index (χ2v) is 6.93. The maximum Gasteiger partial charge on any atom is 0.196 e. The van der Waals surface area contributed by atoms with Gasteiger partial charge in [-0.1, -0.05) is 18.2 Å². The molecule has 0 aliphatic rings. The molecule has 1 aromatic heterocycles. The van der Waals surface area contributed by atoms with E-state index in [0.29, 0.717) is 16.7 Å². The standard InChI is InChI=1S/C17H16N2O3S/c1-22-15-9-10-16(14-8-5-11-18-17(14)15)23(20,21)12-19-13-6-3-2-4-7-13/h2-11,19H,12H2,1H3. The molecular formula is C17H16N2O3S. The van der Waals surface area contributed by atoms with Crippen molar-refractivity contribution in [3.05, 3.63) is 60.8 Å². The van der Waals surface area contributed by atoms with Crippen LogP contribution < -0.4 is 10.1 Å². The van der Waals surface area contributed by atoms with Gasteiger partial charge in [0.05, 0.1) is 12.0 Å². The van der Waals surface area contributed by atoms with Gasteiger partial charge in [-0.15, -0.1) is 0 Å². The van der Waals surface area contributed by atoms with Crippen molar-refractivity contribution in [2.45, 2.75) is 4.90 Å². The molecule has 0 spiro atoms. The van der Waals surface area contributed by atoms with Crippen LogP contribution >= 0.6 is 0 Å². The lowest BCUT2D eigenvalue weighted by Crippen LogP contribution is -2.15. The summed E-state index contributed by atoms with van der Waals surface area (Å²) in [5.74, 6) is 0.364. The molecule has 0 unspecified atom stereocenters. The second kappa shape index (κ2) is 6.26. The largest absolute Gasteiger partial charge is 0.494 e. The summed E-state index contributed by atoms with van der Waals surface area (Å²) in [5.41, 5.74) is 1.29. The molecule has 5 nitrogen and oxygen atoms in total. The molecular weight excluding hydrogens is 312 g/mol. The van der Waals surface area contributed by atoms with Crippen LogP contribution in [0.3, 0.4) is 0 Å². The van der Waals surface area contributed by atoms with Crippen molar-refractivity contribution < 1.29 is 13.2 Å². The molecule has 0 aliphatic heterocycles. The first kappa shape index (κ1) is 15.3. The zero-order valence-corrected chi connectivity index (χ0v) is 13.4. The number of aromatic nitrogens is 1. The molecule has 0 saturated carbocycles. The molecule has 0 radical (unpaired) electrons. The van der Waals surface area contributed by atoms with Crippen molar-refractivity contribution in [1.29, 1.82) is 0 Å². The first-order valence-corrected chi connectivity index (χ1v) is 8.70. The third kappa shape index (κ3) is 3.12. The minimum absolute atomic E-state index is 0.187. The van der Waals surface area contributed by atoms with Gasteiger partial charge in [0.2, 0.25) is 0 Å². The number of benzene rings is 2. The molecule has 1 N–H and O–H groups in total. The summed E-state index contributed by atoms with van der Waals surface area (Å²) in [7, 11) is -1.98. The highest BCUT2D eigenvalue weighted by Gasteiger charge is 2.19. The van der Waals surface area contributed by atoms with E-state index in [1.54, 1.807) is 30.5 Å².